The van der Waals surface area contributed by atoms with Gasteiger partial charge in [-0.05, 0) is 49.3 Å². The van der Waals surface area contributed by atoms with Crippen LogP contribution in [-0.2, 0) is 20.4 Å². The van der Waals surface area contributed by atoms with Crippen LogP contribution >= 0.6 is 0 Å². The standard InChI is InChI=1S/C21H31NO3S/c23-21(15-17-8-3-1-4-9-17)22-19-11-7-10-18(14-19)16-26(24,25)20-12-5-2-6-13-20/h7,10-11,14,17,20H,1-6,8-9,12-13,15-16H2,(H,22,23). The van der Waals surface area contributed by atoms with Gasteiger partial charge in [-0.3, -0.25) is 4.79 Å². The summed E-state index contributed by atoms with van der Waals surface area (Å²) in [4.78, 5) is 12.3. The number of anilines is 1. The molecule has 0 saturated heterocycles. The van der Waals surface area contributed by atoms with E-state index in [-0.39, 0.29) is 16.9 Å². The highest BCUT2D eigenvalue weighted by molar-refractivity contribution is 7.91. The molecule has 2 fully saturated rings. The lowest BCUT2D eigenvalue weighted by atomic mass is 9.87. The van der Waals surface area contributed by atoms with Crippen molar-refractivity contribution in [1.29, 1.82) is 0 Å². The Morgan fingerprint density at radius 3 is 2.31 bits per heavy atom. The summed E-state index contributed by atoms with van der Waals surface area (Å²) in [6.07, 6.45) is 11.4. The van der Waals surface area contributed by atoms with Crippen molar-refractivity contribution in [2.45, 2.75) is 81.6 Å². The maximum Gasteiger partial charge on any atom is 0.224 e. The Hall–Kier alpha value is -1.36. The van der Waals surface area contributed by atoms with E-state index in [9.17, 15) is 13.2 Å². The second kappa shape index (κ2) is 9.03. The number of hydrogen-bond donors (Lipinski definition) is 1. The van der Waals surface area contributed by atoms with Crippen molar-refractivity contribution in [3.8, 4) is 0 Å². The molecule has 4 nitrogen and oxygen atoms in total. The molecule has 26 heavy (non-hydrogen) atoms. The lowest BCUT2D eigenvalue weighted by molar-refractivity contribution is -0.117. The molecule has 1 aromatic rings. The number of rotatable bonds is 6. The number of benzene rings is 1. The number of hydrogen-bond acceptors (Lipinski definition) is 3. The van der Waals surface area contributed by atoms with E-state index in [1.54, 1.807) is 0 Å². The average molecular weight is 378 g/mol. The molecule has 0 heterocycles. The molecule has 0 radical (unpaired) electrons. The molecule has 2 aliphatic carbocycles. The molecule has 1 aromatic carbocycles. The largest absolute Gasteiger partial charge is 0.326 e. The molecule has 144 valence electrons. The molecule has 0 spiro atoms. The van der Waals surface area contributed by atoms with Gasteiger partial charge in [0.15, 0.2) is 9.84 Å². The first-order chi connectivity index (χ1) is 12.5. The number of carbonyl (C=O) groups is 1. The second-order valence-corrected chi connectivity index (χ2v) is 10.3. The van der Waals surface area contributed by atoms with Crippen molar-refractivity contribution in [3.05, 3.63) is 29.8 Å². The van der Waals surface area contributed by atoms with E-state index in [1.165, 1.54) is 19.3 Å². The van der Waals surface area contributed by atoms with Crippen molar-refractivity contribution in [1.82, 2.24) is 0 Å². The van der Waals surface area contributed by atoms with E-state index in [2.05, 4.69) is 5.32 Å². The Labute approximate surface area is 157 Å². The number of nitrogens with one attached hydrogen (secondary N) is 1. The fourth-order valence-corrected chi connectivity index (χ4v) is 6.31. The van der Waals surface area contributed by atoms with Gasteiger partial charge in [0.05, 0.1) is 11.0 Å². The summed E-state index contributed by atoms with van der Waals surface area (Å²) < 4.78 is 25.3. The van der Waals surface area contributed by atoms with Gasteiger partial charge in [0.1, 0.15) is 0 Å². The van der Waals surface area contributed by atoms with Crippen LogP contribution in [0.3, 0.4) is 0 Å². The molecule has 0 aliphatic heterocycles. The van der Waals surface area contributed by atoms with Crippen molar-refractivity contribution in [2.75, 3.05) is 5.32 Å². The van der Waals surface area contributed by atoms with E-state index >= 15 is 0 Å². The highest BCUT2D eigenvalue weighted by Gasteiger charge is 2.27. The molecule has 0 unspecified atom stereocenters. The van der Waals surface area contributed by atoms with E-state index in [0.717, 1.165) is 50.5 Å². The fraction of sp³-hybridized carbons (Fsp3) is 0.667. The monoisotopic (exact) mass is 377 g/mol. The first-order valence-electron chi connectivity index (χ1n) is 10.1. The van der Waals surface area contributed by atoms with Crippen molar-refractivity contribution in [3.63, 3.8) is 0 Å². The van der Waals surface area contributed by atoms with Gasteiger partial charge in [-0.2, -0.15) is 0 Å². The predicted molar refractivity (Wildman–Crippen MR) is 106 cm³/mol. The quantitative estimate of drug-likeness (QED) is 0.771. The Bertz CT molecular complexity index is 702. The molecule has 2 saturated carbocycles. The van der Waals surface area contributed by atoms with Crippen LogP contribution in [0.15, 0.2) is 24.3 Å². The first-order valence-corrected chi connectivity index (χ1v) is 11.8. The molecule has 0 aromatic heterocycles. The van der Waals surface area contributed by atoms with Gasteiger partial charge in [0.2, 0.25) is 5.91 Å². The minimum Gasteiger partial charge on any atom is -0.326 e. The highest BCUT2D eigenvalue weighted by atomic mass is 32.2. The molecule has 5 heteroatoms. The average Bonchev–Trinajstić information content (AvgIpc) is 2.63. The normalized spacial score (nSPS) is 20.0. The van der Waals surface area contributed by atoms with Crippen LogP contribution in [-0.4, -0.2) is 19.6 Å². The molecule has 1 N–H and O–H groups in total. The Morgan fingerprint density at radius 1 is 0.962 bits per heavy atom. The number of sulfone groups is 1. The van der Waals surface area contributed by atoms with Crippen molar-refractivity contribution in [2.24, 2.45) is 5.92 Å². The molecular weight excluding hydrogens is 346 g/mol. The van der Waals surface area contributed by atoms with Gasteiger partial charge >= 0.3 is 0 Å². The van der Waals surface area contributed by atoms with Gasteiger partial charge in [-0.1, -0.05) is 50.7 Å². The van der Waals surface area contributed by atoms with Gasteiger partial charge in [-0.15, -0.1) is 0 Å². The van der Waals surface area contributed by atoms with Crippen LogP contribution in [0.5, 0.6) is 0 Å². The smallest absolute Gasteiger partial charge is 0.224 e. The minimum absolute atomic E-state index is 0.0455. The zero-order valence-electron chi connectivity index (χ0n) is 15.6. The van der Waals surface area contributed by atoms with Crippen LogP contribution < -0.4 is 5.32 Å². The van der Waals surface area contributed by atoms with Gasteiger partial charge < -0.3 is 5.32 Å². The summed E-state index contributed by atoms with van der Waals surface area (Å²) in [5, 5.41) is 2.77. The maximum absolute atomic E-state index is 12.7. The molecule has 0 bridgehead atoms. The number of carbonyl (C=O) groups excluding carboxylic acids is 1. The zero-order valence-corrected chi connectivity index (χ0v) is 16.4. The van der Waals surface area contributed by atoms with Crippen LogP contribution in [0.25, 0.3) is 0 Å². The van der Waals surface area contributed by atoms with Gasteiger partial charge in [-0.25, -0.2) is 8.42 Å². The van der Waals surface area contributed by atoms with Crippen LogP contribution in [0, 0.1) is 5.92 Å². The Kier molecular flexibility index (Phi) is 6.74. The second-order valence-electron chi connectivity index (χ2n) is 8.02. The summed E-state index contributed by atoms with van der Waals surface area (Å²) in [5.74, 6) is 0.618. The third-order valence-corrected chi connectivity index (χ3v) is 8.06. The summed E-state index contributed by atoms with van der Waals surface area (Å²) in [5.41, 5.74) is 1.48. The lowest BCUT2D eigenvalue weighted by Gasteiger charge is -2.22. The van der Waals surface area contributed by atoms with E-state index in [4.69, 9.17) is 0 Å². The van der Waals surface area contributed by atoms with Crippen LogP contribution in [0.2, 0.25) is 0 Å². The summed E-state index contributed by atoms with van der Waals surface area (Å²) in [6, 6.07) is 7.34. The van der Waals surface area contributed by atoms with E-state index < -0.39 is 9.84 Å². The first kappa shape index (κ1) is 19.4. The maximum atomic E-state index is 12.7. The Balaban J connectivity index is 1.57. The summed E-state index contributed by atoms with van der Waals surface area (Å²) >= 11 is 0. The van der Waals surface area contributed by atoms with Gasteiger partial charge in [0.25, 0.3) is 0 Å². The summed E-state index contributed by atoms with van der Waals surface area (Å²) in [6.45, 7) is 0. The zero-order chi connectivity index (χ0) is 18.4. The third kappa shape index (κ3) is 5.57. The van der Waals surface area contributed by atoms with Crippen LogP contribution in [0.1, 0.15) is 76.2 Å². The predicted octanol–water partition coefficient (Wildman–Crippen LogP) is 4.84. The van der Waals surface area contributed by atoms with E-state index in [1.807, 2.05) is 24.3 Å². The van der Waals surface area contributed by atoms with Crippen LogP contribution in [0.4, 0.5) is 5.69 Å². The lowest BCUT2D eigenvalue weighted by Crippen LogP contribution is -2.25. The topological polar surface area (TPSA) is 63.2 Å². The Morgan fingerprint density at radius 2 is 1.62 bits per heavy atom. The fourth-order valence-electron chi connectivity index (χ4n) is 4.38. The van der Waals surface area contributed by atoms with Crippen molar-refractivity contribution < 1.29 is 13.2 Å². The molecule has 2 aliphatic rings. The summed E-state index contributed by atoms with van der Waals surface area (Å²) in [7, 11) is -3.12. The van der Waals surface area contributed by atoms with E-state index in [0.29, 0.717) is 18.0 Å². The molecule has 0 atom stereocenters. The van der Waals surface area contributed by atoms with Crippen molar-refractivity contribution >= 4 is 21.4 Å². The minimum atomic E-state index is -3.12. The SMILES string of the molecule is O=C(CC1CCCCC1)Nc1cccc(CS(=O)(=O)C2CCCCC2)c1. The molecule has 1 amide bonds. The van der Waals surface area contributed by atoms with Gasteiger partial charge in [0, 0.05) is 12.1 Å². The molecule has 3 rings (SSSR count). The highest BCUT2D eigenvalue weighted by Crippen LogP contribution is 2.28. The molecular formula is C21H31NO3S. The number of amides is 1. The third-order valence-electron chi connectivity index (χ3n) is 5.84.